The van der Waals surface area contributed by atoms with Gasteiger partial charge in [0.25, 0.3) is 5.69 Å². The van der Waals surface area contributed by atoms with Crippen molar-refractivity contribution in [3.05, 3.63) is 105 Å². The topological polar surface area (TPSA) is 112 Å². The standard InChI is InChI=1S/C25H19N3O6S/c1-33-23(29)19-9-7-17(8-10-19)15-27(24-26-22(16-35-24)18-5-3-2-4-6-18)25(30)34-21-13-11-20(12-14-21)28(31)32/h2-14,16H,15H2,1H3. The largest absolute Gasteiger partial charge is 0.465 e. The molecule has 0 unspecified atom stereocenters. The minimum Gasteiger partial charge on any atom is -0.465 e. The third-order valence-electron chi connectivity index (χ3n) is 4.98. The number of hydrogen-bond acceptors (Lipinski definition) is 8. The summed E-state index contributed by atoms with van der Waals surface area (Å²) in [4.78, 5) is 41.2. The first-order chi connectivity index (χ1) is 16.9. The van der Waals surface area contributed by atoms with Crippen molar-refractivity contribution < 1.29 is 24.0 Å². The Morgan fingerprint density at radius 2 is 1.69 bits per heavy atom. The first-order valence-electron chi connectivity index (χ1n) is 10.4. The number of thiazole rings is 1. The Morgan fingerprint density at radius 3 is 2.31 bits per heavy atom. The van der Waals surface area contributed by atoms with Crippen LogP contribution in [0.2, 0.25) is 0 Å². The van der Waals surface area contributed by atoms with Gasteiger partial charge in [-0.3, -0.25) is 10.1 Å². The molecule has 0 aliphatic heterocycles. The van der Waals surface area contributed by atoms with Crippen molar-refractivity contribution in [3.8, 4) is 17.0 Å². The molecule has 1 heterocycles. The number of carbonyl (C=O) groups excluding carboxylic acids is 2. The maximum Gasteiger partial charge on any atom is 0.421 e. The fraction of sp³-hybridized carbons (Fsp3) is 0.0800. The molecule has 0 spiro atoms. The number of rotatable bonds is 7. The van der Waals surface area contributed by atoms with Gasteiger partial charge in [0.2, 0.25) is 0 Å². The zero-order chi connectivity index (χ0) is 24.8. The third kappa shape index (κ3) is 5.68. The zero-order valence-electron chi connectivity index (χ0n) is 18.5. The molecule has 3 aromatic carbocycles. The fourth-order valence-electron chi connectivity index (χ4n) is 3.18. The van der Waals surface area contributed by atoms with Crippen molar-refractivity contribution in [2.24, 2.45) is 0 Å². The Morgan fingerprint density at radius 1 is 1.00 bits per heavy atom. The number of non-ortho nitro benzene ring substituents is 1. The molecule has 1 aromatic heterocycles. The van der Waals surface area contributed by atoms with Crippen LogP contribution >= 0.6 is 11.3 Å². The predicted octanol–water partition coefficient (Wildman–Crippen LogP) is 5.71. The number of nitrogens with zero attached hydrogens (tertiary/aromatic N) is 3. The van der Waals surface area contributed by atoms with E-state index in [1.807, 2.05) is 35.7 Å². The lowest BCUT2D eigenvalue weighted by Crippen LogP contribution is -2.33. The molecule has 0 N–H and O–H groups in total. The second-order valence-electron chi connectivity index (χ2n) is 7.27. The van der Waals surface area contributed by atoms with Gasteiger partial charge in [-0.2, -0.15) is 0 Å². The van der Waals surface area contributed by atoms with E-state index >= 15 is 0 Å². The van der Waals surface area contributed by atoms with Crippen LogP contribution in [0.4, 0.5) is 15.6 Å². The number of aromatic nitrogens is 1. The molecule has 10 heteroatoms. The quantitative estimate of drug-likeness (QED) is 0.186. The summed E-state index contributed by atoms with van der Waals surface area (Å²) in [7, 11) is 1.30. The maximum absolute atomic E-state index is 13.2. The van der Waals surface area contributed by atoms with E-state index in [1.165, 1.54) is 47.6 Å². The van der Waals surface area contributed by atoms with Crippen molar-refractivity contribution >= 4 is 34.2 Å². The van der Waals surface area contributed by atoms with E-state index in [2.05, 4.69) is 4.98 Å². The van der Waals surface area contributed by atoms with E-state index in [-0.39, 0.29) is 18.0 Å². The number of nitro benzene ring substituents is 1. The summed E-state index contributed by atoms with van der Waals surface area (Å²) in [5, 5.41) is 13.1. The summed E-state index contributed by atoms with van der Waals surface area (Å²) < 4.78 is 10.2. The van der Waals surface area contributed by atoms with Gasteiger partial charge in [-0.15, -0.1) is 11.3 Å². The van der Waals surface area contributed by atoms with E-state index in [9.17, 15) is 19.7 Å². The summed E-state index contributed by atoms with van der Waals surface area (Å²) in [6, 6.07) is 21.4. The number of anilines is 1. The highest BCUT2D eigenvalue weighted by Gasteiger charge is 2.23. The summed E-state index contributed by atoms with van der Waals surface area (Å²) in [6.07, 6.45) is -0.704. The van der Waals surface area contributed by atoms with Crippen LogP contribution in [-0.4, -0.2) is 29.1 Å². The monoisotopic (exact) mass is 489 g/mol. The average Bonchev–Trinajstić information content (AvgIpc) is 3.38. The molecule has 35 heavy (non-hydrogen) atoms. The predicted molar refractivity (Wildman–Crippen MR) is 131 cm³/mol. The number of esters is 1. The molecule has 1 amide bonds. The maximum atomic E-state index is 13.2. The van der Waals surface area contributed by atoms with Crippen LogP contribution in [0.15, 0.2) is 84.2 Å². The van der Waals surface area contributed by atoms with Gasteiger partial charge in [0.15, 0.2) is 5.13 Å². The SMILES string of the molecule is COC(=O)c1ccc(CN(C(=O)Oc2ccc([N+](=O)[O-])cc2)c2nc(-c3ccccc3)cs2)cc1. The number of methoxy groups -OCH3 is 1. The van der Waals surface area contributed by atoms with Gasteiger partial charge < -0.3 is 9.47 Å². The first kappa shape index (κ1) is 23.6. The minimum atomic E-state index is -0.704. The molecular weight excluding hydrogens is 470 g/mol. The van der Waals surface area contributed by atoms with Crippen molar-refractivity contribution in [1.29, 1.82) is 0 Å². The lowest BCUT2D eigenvalue weighted by Gasteiger charge is -2.19. The molecular formula is C25H19N3O6S. The summed E-state index contributed by atoms with van der Waals surface area (Å²) in [6.45, 7) is 0.120. The number of hydrogen-bond donors (Lipinski definition) is 0. The van der Waals surface area contributed by atoms with E-state index in [4.69, 9.17) is 9.47 Å². The first-order valence-corrected chi connectivity index (χ1v) is 11.2. The van der Waals surface area contributed by atoms with Crippen LogP contribution in [0, 0.1) is 10.1 Å². The van der Waals surface area contributed by atoms with Crippen LogP contribution in [0.3, 0.4) is 0 Å². The Bertz CT molecular complexity index is 1340. The van der Waals surface area contributed by atoms with E-state index < -0.39 is 17.0 Å². The number of carbonyl (C=O) groups is 2. The molecule has 0 radical (unpaired) electrons. The second kappa shape index (κ2) is 10.6. The Kier molecular flexibility index (Phi) is 7.12. The number of ether oxygens (including phenoxy) is 2. The Hall–Kier alpha value is -4.57. The summed E-state index contributed by atoms with van der Waals surface area (Å²) >= 11 is 1.28. The normalized spacial score (nSPS) is 10.4. The number of benzene rings is 3. The molecule has 4 rings (SSSR count). The number of amides is 1. The molecule has 0 saturated carbocycles. The molecule has 0 aliphatic rings. The van der Waals surface area contributed by atoms with Gasteiger partial charge in [0, 0.05) is 23.1 Å². The lowest BCUT2D eigenvalue weighted by molar-refractivity contribution is -0.384. The van der Waals surface area contributed by atoms with Gasteiger partial charge >= 0.3 is 12.1 Å². The fourth-order valence-corrected chi connectivity index (χ4v) is 4.00. The zero-order valence-corrected chi connectivity index (χ0v) is 19.3. The van der Waals surface area contributed by atoms with Gasteiger partial charge in [0.1, 0.15) is 5.75 Å². The van der Waals surface area contributed by atoms with Crippen LogP contribution in [-0.2, 0) is 11.3 Å². The summed E-state index contributed by atoms with van der Waals surface area (Å²) in [5.74, 6) is -0.301. The summed E-state index contributed by atoms with van der Waals surface area (Å²) in [5.41, 5.74) is 2.62. The van der Waals surface area contributed by atoms with Crippen molar-refractivity contribution in [1.82, 2.24) is 4.98 Å². The van der Waals surface area contributed by atoms with Crippen molar-refractivity contribution in [2.45, 2.75) is 6.54 Å². The van der Waals surface area contributed by atoms with E-state index in [1.54, 1.807) is 24.3 Å². The Labute approximate surface area is 204 Å². The van der Waals surface area contributed by atoms with Crippen LogP contribution in [0.1, 0.15) is 15.9 Å². The highest BCUT2D eigenvalue weighted by Crippen LogP contribution is 2.29. The van der Waals surface area contributed by atoms with Crippen LogP contribution in [0.25, 0.3) is 11.3 Å². The van der Waals surface area contributed by atoms with Gasteiger partial charge in [-0.1, -0.05) is 42.5 Å². The average molecular weight is 490 g/mol. The molecule has 0 fully saturated rings. The smallest absolute Gasteiger partial charge is 0.421 e. The van der Waals surface area contributed by atoms with Gasteiger partial charge in [-0.25, -0.2) is 19.5 Å². The minimum absolute atomic E-state index is 0.111. The van der Waals surface area contributed by atoms with Crippen LogP contribution in [0.5, 0.6) is 5.75 Å². The second-order valence-corrected chi connectivity index (χ2v) is 8.11. The van der Waals surface area contributed by atoms with Crippen LogP contribution < -0.4 is 9.64 Å². The highest BCUT2D eigenvalue weighted by molar-refractivity contribution is 7.14. The third-order valence-corrected chi connectivity index (χ3v) is 5.84. The molecule has 0 aliphatic carbocycles. The van der Waals surface area contributed by atoms with Crippen molar-refractivity contribution in [3.63, 3.8) is 0 Å². The number of nitro groups is 1. The van der Waals surface area contributed by atoms with Gasteiger partial charge in [-0.05, 0) is 29.8 Å². The highest BCUT2D eigenvalue weighted by atomic mass is 32.1. The van der Waals surface area contributed by atoms with Crippen molar-refractivity contribution in [2.75, 3.05) is 12.0 Å². The molecule has 176 valence electrons. The van der Waals surface area contributed by atoms with E-state index in [0.29, 0.717) is 16.4 Å². The van der Waals surface area contributed by atoms with E-state index in [0.717, 1.165) is 11.1 Å². The molecule has 0 bridgehead atoms. The molecule has 0 saturated heterocycles. The van der Waals surface area contributed by atoms with Gasteiger partial charge in [0.05, 0.1) is 29.8 Å². The molecule has 0 atom stereocenters. The molecule has 4 aromatic rings. The Balaban J connectivity index is 1.61. The molecule has 9 nitrogen and oxygen atoms in total. The lowest BCUT2D eigenvalue weighted by atomic mass is 10.1.